The first-order valence-electron chi connectivity index (χ1n) is 10.1. The van der Waals surface area contributed by atoms with Crippen LogP contribution in [0.5, 0.6) is 5.75 Å². The number of hydrogen-bond acceptors (Lipinski definition) is 4. The Morgan fingerprint density at radius 2 is 1.56 bits per heavy atom. The molecule has 0 unspecified atom stereocenters. The van der Waals surface area contributed by atoms with Crippen LogP contribution in [-0.4, -0.2) is 32.3 Å². The third kappa shape index (κ3) is 6.80. The van der Waals surface area contributed by atoms with Crippen LogP contribution in [0.3, 0.4) is 0 Å². The molecule has 0 heterocycles. The number of ether oxygens (including phenoxy) is 1. The summed E-state index contributed by atoms with van der Waals surface area (Å²) in [6.07, 6.45) is 1.53. The van der Waals surface area contributed by atoms with Crippen molar-refractivity contribution in [3.63, 3.8) is 0 Å². The Morgan fingerprint density at radius 1 is 0.938 bits per heavy atom. The van der Waals surface area contributed by atoms with Crippen LogP contribution in [0.1, 0.15) is 16.7 Å². The highest BCUT2D eigenvalue weighted by Crippen LogP contribution is 2.17. The second-order valence-corrected chi connectivity index (χ2v) is 8.92. The Kier molecular flexibility index (Phi) is 8.19. The summed E-state index contributed by atoms with van der Waals surface area (Å²) in [5, 5.41) is 3.92. The normalized spacial score (nSPS) is 11.6. The molecule has 0 bridgehead atoms. The average molecular weight is 451 g/mol. The molecule has 0 saturated carbocycles. The summed E-state index contributed by atoms with van der Waals surface area (Å²) in [7, 11) is -2.28. The van der Waals surface area contributed by atoms with E-state index in [9.17, 15) is 13.2 Å². The van der Waals surface area contributed by atoms with Gasteiger partial charge < -0.3 is 10.1 Å². The van der Waals surface area contributed by atoms with E-state index < -0.39 is 15.9 Å². The van der Waals surface area contributed by atoms with Crippen molar-refractivity contribution in [1.82, 2.24) is 9.62 Å². The molecular weight excluding hydrogens is 424 g/mol. The number of methoxy groups -OCH3 is 1. The van der Waals surface area contributed by atoms with Gasteiger partial charge in [-0.1, -0.05) is 78.9 Å². The molecule has 166 valence electrons. The second kappa shape index (κ2) is 11.3. The lowest BCUT2D eigenvalue weighted by atomic mass is 10.2. The number of nitrogens with one attached hydrogen (secondary N) is 1. The molecule has 32 heavy (non-hydrogen) atoms. The van der Waals surface area contributed by atoms with E-state index in [1.807, 2.05) is 84.9 Å². The smallest absolute Gasteiger partial charge is 0.237 e. The lowest BCUT2D eigenvalue weighted by Crippen LogP contribution is -2.39. The standard InChI is InChI=1S/C25H26N2O4S/c1-31-24-15-9-8-14-23(24)18-26-25(28)20-27(19-22-12-6-3-7-13-22)32(29,30)17-16-21-10-4-2-5-11-21/h2-17H,18-20H2,1H3,(H,26,28)/b17-16+. The minimum absolute atomic E-state index is 0.0877. The average Bonchev–Trinajstić information content (AvgIpc) is 2.82. The molecule has 0 saturated heterocycles. The van der Waals surface area contributed by atoms with Crippen molar-refractivity contribution in [2.45, 2.75) is 13.1 Å². The van der Waals surface area contributed by atoms with Gasteiger partial charge in [0.1, 0.15) is 5.75 Å². The van der Waals surface area contributed by atoms with E-state index >= 15 is 0 Å². The van der Waals surface area contributed by atoms with Crippen molar-refractivity contribution in [2.24, 2.45) is 0 Å². The molecule has 0 aromatic heterocycles. The first kappa shape index (κ1) is 23.2. The number of rotatable bonds is 10. The highest BCUT2D eigenvalue weighted by atomic mass is 32.2. The number of nitrogens with zero attached hydrogens (tertiary/aromatic N) is 1. The molecule has 3 aromatic carbocycles. The number of carbonyl (C=O) groups excluding carboxylic acids is 1. The molecule has 3 aromatic rings. The van der Waals surface area contributed by atoms with Gasteiger partial charge in [0, 0.05) is 24.1 Å². The van der Waals surface area contributed by atoms with Gasteiger partial charge in [0.15, 0.2) is 0 Å². The van der Waals surface area contributed by atoms with Crippen molar-refractivity contribution in [2.75, 3.05) is 13.7 Å². The zero-order chi connectivity index (χ0) is 22.8. The molecular formula is C25H26N2O4S. The van der Waals surface area contributed by atoms with E-state index in [4.69, 9.17) is 4.74 Å². The molecule has 6 nitrogen and oxygen atoms in total. The quantitative estimate of drug-likeness (QED) is 0.510. The molecule has 1 amide bonds. The lowest BCUT2D eigenvalue weighted by molar-refractivity contribution is -0.121. The van der Waals surface area contributed by atoms with Crippen molar-refractivity contribution < 1.29 is 17.9 Å². The molecule has 1 N–H and O–H groups in total. The second-order valence-electron chi connectivity index (χ2n) is 7.10. The fraction of sp³-hybridized carbons (Fsp3) is 0.160. The van der Waals surface area contributed by atoms with Gasteiger partial charge in [-0.25, -0.2) is 8.42 Å². The summed E-state index contributed by atoms with van der Waals surface area (Å²) >= 11 is 0. The molecule has 3 rings (SSSR count). The van der Waals surface area contributed by atoms with Gasteiger partial charge in [-0.2, -0.15) is 4.31 Å². The number of para-hydroxylation sites is 1. The predicted octanol–water partition coefficient (Wildman–Crippen LogP) is 3.81. The fourth-order valence-electron chi connectivity index (χ4n) is 3.10. The van der Waals surface area contributed by atoms with Gasteiger partial charge in [-0.3, -0.25) is 4.79 Å². The maximum Gasteiger partial charge on any atom is 0.237 e. The molecule has 0 aliphatic heterocycles. The van der Waals surface area contributed by atoms with Gasteiger partial charge in [-0.15, -0.1) is 0 Å². The Bertz CT molecular complexity index is 1150. The molecule has 0 aliphatic carbocycles. The Hall–Kier alpha value is -3.42. The summed E-state index contributed by atoms with van der Waals surface area (Å²) in [4.78, 5) is 12.7. The summed E-state index contributed by atoms with van der Waals surface area (Å²) in [6, 6.07) is 25.7. The Morgan fingerprint density at radius 3 is 2.25 bits per heavy atom. The van der Waals surface area contributed by atoms with E-state index in [-0.39, 0.29) is 19.6 Å². The maximum absolute atomic E-state index is 13.1. The molecule has 0 atom stereocenters. The number of sulfonamides is 1. The lowest BCUT2D eigenvalue weighted by Gasteiger charge is -2.20. The Labute approximate surface area is 189 Å². The fourth-order valence-corrected chi connectivity index (χ4v) is 4.22. The molecule has 0 spiro atoms. The molecule has 0 radical (unpaired) electrons. The third-order valence-electron chi connectivity index (χ3n) is 4.78. The van der Waals surface area contributed by atoms with Crippen LogP contribution in [0.2, 0.25) is 0 Å². The Balaban J connectivity index is 1.74. The highest BCUT2D eigenvalue weighted by molar-refractivity contribution is 7.92. The number of benzene rings is 3. The molecule has 7 heteroatoms. The van der Waals surface area contributed by atoms with E-state index in [1.54, 1.807) is 7.11 Å². The number of hydrogen-bond donors (Lipinski definition) is 1. The molecule has 0 aliphatic rings. The predicted molar refractivity (Wildman–Crippen MR) is 126 cm³/mol. The van der Waals surface area contributed by atoms with Crippen molar-refractivity contribution in [3.05, 3.63) is 107 Å². The van der Waals surface area contributed by atoms with Crippen molar-refractivity contribution in [3.8, 4) is 5.75 Å². The molecule has 0 fully saturated rings. The van der Waals surface area contributed by atoms with Crippen LogP contribution in [0, 0.1) is 0 Å². The van der Waals surface area contributed by atoms with Crippen molar-refractivity contribution in [1.29, 1.82) is 0 Å². The monoisotopic (exact) mass is 450 g/mol. The minimum Gasteiger partial charge on any atom is -0.496 e. The van der Waals surface area contributed by atoms with Crippen molar-refractivity contribution >= 4 is 22.0 Å². The van der Waals surface area contributed by atoms with Crippen LogP contribution in [-0.2, 0) is 27.9 Å². The van der Waals surface area contributed by atoms with Gasteiger partial charge in [0.2, 0.25) is 15.9 Å². The summed E-state index contributed by atoms with van der Waals surface area (Å²) in [6.45, 7) is 0.0256. The number of amides is 1. The SMILES string of the molecule is COc1ccccc1CNC(=O)CN(Cc1ccccc1)S(=O)(=O)/C=C/c1ccccc1. The van der Waals surface area contributed by atoms with E-state index in [2.05, 4.69) is 5.32 Å². The topological polar surface area (TPSA) is 75.7 Å². The summed E-state index contributed by atoms with van der Waals surface area (Å²) in [5.41, 5.74) is 2.36. The number of carbonyl (C=O) groups is 1. The highest BCUT2D eigenvalue weighted by Gasteiger charge is 2.22. The minimum atomic E-state index is -3.84. The largest absolute Gasteiger partial charge is 0.496 e. The van der Waals surface area contributed by atoms with Crippen LogP contribution >= 0.6 is 0 Å². The first-order valence-corrected chi connectivity index (χ1v) is 11.6. The van der Waals surface area contributed by atoms with Gasteiger partial charge >= 0.3 is 0 Å². The third-order valence-corrected chi connectivity index (χ3v) is 6.24. The zero-order valence-electron chi connectivity index (χ0n) is 17.8. The zero-order valence-corrected chi connectivity index (χ0v) is 18.7. The van der Waals surface area contributed by atoms with E-state index in [0.29, 0.717) is 5.75 Å². The first-order chi connectivity index (χ1) is 15.5. The van der Waals surface area contributed by atoms with Crippen LogP contribution in [0.4, 0.5) is 0 Å². The van der Waals surface area contributed by atoms with E-state index in [1.165, 1.54) is 10.4 Å². The maximum atomic E-state index is 13.1. The summed E-state index contributed by atoms with van der Waals surface area (Å²) < 4.78 is 32.6. The van der Waals surface area contributed by atoms with Gasteiger partial charge in [0.25, 0.3) is 0 Å². The van der Waals surface area contributed by atoms with E-state index in [0.717, 1.165) is 22.1 Å². The summed E-state index contributed by atoms with van der Waals surface area (Å²) in [5.74, 6) is 0.260. The van der Waals surface area contributed by atoms with Gasteiger partial charge in [-0.05, 0) is 23.3 Å². The van der Waals surface area contributed by atoms with Crippen LogP contribution in [0.25, 0.3) is 6.08 Å². The van der Waals surface area contributed by atoms with Crippen LogP contribution in [0.15, 0.2) is 90.3 Å². The van der Waals surface area contributed by atoms with Crippen LogP contribution < -0.4 is 10.1 Å². The van der Waals surface area contributed by atoms with Gasteiger partial charge in [0.05, 0.1) is 13.7 Å².